The van der Waals surface area contributed by atoms with Crippen molar-refractivity contribution in [1.29, 1.82) is 0 Å². The Bertz CT molecular complexity index is 1010. The summed E-state index contributed by atoms with van der Waals surface area (Å²) in [4.78, 5) is 27.6. The van der Waals surface area contributed by atoms with Crippen LogP contribution < -0.4 is 20.6 Å². The summed E-state index contributed by atoms with van der Waals surface area (Å²) in [5, 5.41) is 20.9. The molecule has 33 heavy (non-hydrogen) atoms. The van der Waals surface area contributed by atoms with Gasteiger partial charge in [0.2, 0.25) is 5.91 Å². The number of hydrogen-bond donors (Lipinski definition) is 3. The number of hydrogen-bond acceptors (Lipinski definition) is 6. The second-order valence-corrected chi connectivity index (χ2v) is 7.54. The highest BCUT2D eigenvalue weighted by atomic mass is 19.1. The Balaban J connectivity index is 1.54. The van der Waals surface area contributed by atoms with Crippen LogP contribution in [0.5, 0.6) is 0 Å². The average Bonchev–Trinajstić information content (AvgIpc) is 3.18. The van der Waals surface area contributed by atoms with Crippen LogP contribution >= 0.6 is 0 Å². The van der Waals surface area contributed by atoms with Crippen LogP contribution in [-0.4, -0.2) is 61.4 Å². The summed E-state index contributed by atoms with van der Waals surface area (Å²) < 4.78 is 19.9. The van der Waals surface area contributed by atoms with Gasteiger partial charge in [0, 0.05) is 19.2 Å². The number of ether oxygens (including phenoxy) is 1. The van der Waals surface area contributed by atoms with Crippen LogP contribution in [0.4, 0.5) is 20.6 Å². The second-order valence-electron chi connectivity index (χ2n) is 7.54. The molecule has 1 atom stereocenters. The molecular formula is C23H27BFN3O5. The van der Waals surface area contributed by atoms with Gasteiger partial charge < -0.3 is 25.0 Å². The molecule has 2 aromatic rings. The SMILES string of the molecule is CCN(CC)c1ccc(N2C[C@H](CNC(=O)/C=C/c3ccc(B(O)O)cc3)OC2=O)cc1F. The van der Waals surface area contributed by atoms with Gasteiger partial charge in [-0.2, -0.15) is 0 Å². The Morgan fingerprint density at radius 3 is 2.55 bits per heavy atom. The lowest BCUT2D eigenvalue weighted by molar-refractivity contribution is -0.116. The third-order valence-electron chi connectivity index (χ3n) is 5.39. The first kappa shape index (κ1) is 24.3. The zero-order valence-electron chi connectivity index (χ0n) is 18.6. The van der Waals surface area contributed by atoms with Crippen molar-refractivity contribution >= 4 is 42.0 Å². The lowest BCUT2D eigenvalue weighted by Gasteiger charge is -2.23. The van der Waals surface area contributed by atoms with E-state index in [-0.39, 0.29) is 19.0 Å². The molecule has 1 aliphatic rings. The summed E-state index contributed by atoms with van der Waals surface area (Å²) in [6.45, 7) is 5.54. The molecule has 1 aliphatic heterocycles. The van der Waals surface area contributed by atoms with Crippen molar-refractivity contribution < 1.29 is 28.8 Å². The van der Waals surface area contributed by atoms with E-state index in [4.69, 9.17) is 14.8 Å². The molecule has 0 aromatic heterocycles. The van der Waals surface area contributed by atoms with E-state index in [2.05, 4.69) is 5.32 Å². The average molecular weight is 455 g/mol. The quantitative estimate of drug-likeness (QED) is 0.392. The molecule has 3 rings (SSSR count). The number of amides is 2. The van der Waals surface area contributed by atoms with Crippen molar-refractivity contribution in [2.75, 3.05) is 36.0 Å². The number of carbonyl (C=O) groups is 2. The Kier molecular flexibility index (Phi) is 8.08. The first-order valence-electron chi connectivity index (χ1n) is 10.8. The van der Waals surface area contributed by atoms with Crippen molar-refractivity contribution in [2.24, 2.45) is 0 Å². The van der Waals surface area contributed by atoms with Crippen molar-refractivity contribution in [1.82, 2.24) is 5.32 Å². The number of cyclic esters (lactones) is 1. The molecule has 174 valence electrons. The van der Waals surface area contributed by atoms with Crippen molar-refractivity contribution in [3.8, 4) is 0 Å². The van der Waals surface area contributed by atoms with Gasteiger partial charge in [-0.05, 0) is 49.1 Å². The van der Waals surface area contributed by atoms with Crippen LogP contribution in [0.15, 0.2) is 48.5 Å². The van der Waals surface area contributed by atoms with Crippen LogP contribution in [0.25, 0.3) is 6.08 Å². The molecule has 8 nitrogen and oxygen atoms in total. The molecule has 3 N–H and O–H groups in total. The van der Waals surface area contributed by atoms with E-state index < -0.39 is 25.1 Å². The first-order valence-corrected chi connectivity index (χ1v) is 10.8. The molecule has 0 saturated carbocycles. The van der Waals surface area contributed by atoms with E-state index in [1.165, 1.54) is 17.0 Å². The Morgan fingerprint density at radius 2 is 1.94 bits per heavy atom. The number of nitrogens with zero attached hydrogens (tertiary/aromatic N) is 2. The normalized spacial score (nSPS) is 15.6. The number of benzene rings is 2. The maximum absolute atomic E-state index is 14.6. The number of carbonyl (C=O) groups excluding carboxylic acids is 2. The number of halogens is 1. The van der Waals surface area contributed by atoms with Crippen LogP contribution in [0, 0.1) is 5.82 Å². The van der Waals surface area contributed by atoms with E-state index in [9.17, 15) is 14.0 Å². The van der Waals surface area contributed by atoms with Crippen LogP contribution in [0.1, 0.15) is 19.4 Å². The minimum absolute atomic E-state index is 0.112. The van der Waals surface area contributed by atoms with E-state index in [1.54, 1.807) is 42.5 Å². The first-order chi connectivity index (χ1) is 15.8. The second kappa shape index (κ2) is 11.0. The molecule has 1 heterocycles. The highest BCUT2D eigenvalue weighted by molar-refractivity contribution is 6.58. The summed E-state index contributed by atoms with van der Waals surface area (Å²) >= 11 is 0. The maximum atomic E-state index is 14.6. The third kappa shape index (κ3) is 6.12. The molecular weight excluding hydrogens is 428 g/mol. The van der Waals surface area contributed by atoms with E-state index in [1.807, 2.05) is 18.7 Å². The van der Waals surface area contributed by atoms with Gasteiger partial charge >= 0.3 is 13.2 Å². The van der Waals surface area contributed by atoms with E-state index in [0.29, 0.717) is 35.5 Å². The van der Waals surface area contributed by atoms with E-state index in [0.717, 1.165) is 0 Å². The Labute approximate surface area is 192 Å². The maximum Gasteiger partial charge on any atom is 0.488 e. The Hall–Kier alpha value is -3.37. The molecule has 1 fully saturated rings. The zero-order valence-corrected chi connectivity index (χ0v) is 18.6. The van der Waals surface area contributed by atoms with Gasteiger partial charge in [-0.3, -0.25) is 9.69 Å². The van der Waals surface area contributed by atoms with Crippen molar-refractivity contribution in [3.05, 3.63) is 59.9 Å². The third-order valence-corrected chi connectivity index (χ3v) is 5.39. The van der Waals surface area contributed by atoms with Gasteiger partial charge in [0.15, 0.2) is 0 Å². The van der Waals surface area contributed by atoms with Gasteiger partial charge in [-0.25, -0.2) is 9.18 Å². The van der Waals surface area contributed by atoms with Crippen LogP contribution in [-0.2, 0) is 9.53 Å². The fourth-order valence-electron chi connectivity index (χ4n) is 3.55. The highest BCUT2D eigenvalue weighted by Crippen LogP contribution is 2.27. The molecule has 2 aromatic carbocycles. The Morgan fingerprint density at radius 1 is 1.24 bits per heavy atom. The molecule has 0 aliphatic carbocycles. The van der Waals surface area contributed by atoms with Gasteiger partial charge in [-0.1, -0.05) is 24.3 Å². The van der Waals surface area contributed by atoms with Gasteiger partial charge in [-0.15, -0.1) is 0 Å². The van der Waals surface area contributed by atoms with Gasteiger partial charge in [0.1, 0.15) is 11.9 Å². The smallest absolute Gasteiger partial charge is 0.442 e. The molecule has 0 spiro atoms. The fourth-order valence-corrected chi connectivity index (χ4v) is 3.55. The predicted octanol–water partition coefficient (Wildman–Crippen LogP) is 1.51. The molecule has 1 saturated heterocycles. The predicted molar refractivity (Wildman–Crippen MR) is 126 cm³/mol. The number of rotatable bonds is 9. The lowest BCUT2D eigenvalue weighted by atomic mass is 9.80. The summed E-state index contributed by atoms with van der Waals surface area (Å²) in [5.41, 5.74) is 1.95. The van der Waals surface area contributed by atoms with Crippen molar-refractivity contribution in [2.45, 2.75) is 20.0 Å². The largest absolute Gasteiger partial charge is 0.488 e. The van der Waals surface area contributed by atoms with Crippen LogP contribution in [0.3, 0.4) is 0 Å². The summed E-state index contributed by atoms with van der Waals surface area (Å²) in [5.74, 6) is -0.780. The number of anilines is 2. The molecule has 0 unspecified atom stereocenters. The minimum atomic E-state index is -1.54. The fraction of sp³-hybridized carbons (Fsp3) is 0.304. The molecule has 0 bridgehead atoms. The van der Waals surface area contributed by atoms with E-state index >= 15 is 0 Å². The lowest BCUT2D eigenvalue weighted by Crippen LogP contribution is -2.33. The summed E-state index contributed by atoms with van der Waals surface area (Å²) in [7, 11) is -1.54. The highest BCUT2D eigenvalue weighted by Gasteiger charge is 2.33. The molecule has 2 amide bonds. The monoisotopic (exact) mass is 455 g/mol. The standard InChI is InChI=1S/C23H27BFN3O5/c1-3-27(4-2)21-11-10-18(13-20(21)25)28-15-19(33-23(28)30)14-26-22(29)12-7-16-5-8-17(9-6-16)24(31)32/h5-13,19,31-32H,3-4,14-15H2,1-2H3,(H,26,29)/b12-7+/t19-/m0/s1. The van der Waals surface area contributed by atoms with Gasteiger partial charge in [0.25, 0.3) is 0 Å². The van der Waals surface area contributed by atoms with Gasteiger partial charge in [0.05, 0.1) is 24.5 Å². The number of nitrogens with one attached hydrogen (secondary N) is 1. The molecule has 10 heteroatoms. The zero-order chi connectivity index (χ0) is 24.0. The summed E-state index contributed by atoms with van der Waals surface area (Å²) in [6.07, 6.45) is 1.76. The van der Waals surface area contributed by atoms with Crippen molar-refractivity contribution in [3.63, 3.8) is 0 Å². The minimum Gasteiger partial charge on any atom is -0.442 e. The van der Waals surface area contributed by atoms with Crippen LogP contribution in [0.2, 0.25) is 0 Å². The summed E-state index contributed by atoms with van der Waals surface area (Å²) in [6, 6.07) is 11.1. The topological polar surface area (TPSA) is 102 Å². The molecule has 0 radical (unpaired) electrons.